The van der Waals surface area contributed by atoms with E-state index in [0.29, 0.717) is 12.8 Å². The first-order chi connectivity index (χ1) is 9.92. The molecule has 21 heavy (non-hydrogen) atoms. The third kappa shape index (κ3) is 3.81. The molecule has 1 aromatic rings. The lowest BCUT2D eigenvalue weighted by atomic mass is 10.1. The highest BCUT2D eigenvalue weighted by Gasteiger charge is 2.24. The summed E-state index contributed by atoms with van der Waals surface area (Å²) in [6, 6.07) is 3.27. The molecule has 0 saturated heterocycles. The summed E-state index contributed by atoms with van der Waals surface area (Å²) in [7, 11) is 0. The van der Waals surface area contributed by atoms with Crippen LogP contribution in [0.25, 0.3) is 0 Å². The van der Waals surface area contributed by atoms with Crippen LogP contribution in [0.4, 0.5) is 5.69 Å². The van der Waals surface area contributed by atoms with Crippen LogP contribution in [-0.4, -0.2) is 38.9 Å². The zero-order chi connectivity index (χ0) is 16.0. The van der Waals surface area contributed by atoms with Gasteiger partial charge in [0, 0.05) is 0 Å². The van der Waals surface area contributed by atoms with Crippen molar-refractivity contribution in [1.29, 1.82) is 0 Å². The summed E-state index contributed by atoms with van der Waals surface area (Å²) in [6.07, 6.45) is 1.22. The van der Waals surface area contributed by atoms with Gasteiger partial charge in [-0.05, 0) is 24.6 Å². The Kier molecular flexibility index (Phi) is 5.47. The van der Waals surface area contributed by atoms with Crippen molar-refractivity contribution in [3.05, 3.63) is 34.5 Å². The van der Waals surface area contributed by atoms with Gasteiger partial charge in [-0.3, -0.25) is 0 Å². The summed E-state index contributed by atoms with van der Waals surface area (Å²) in [4.78, 5) is 22.0. The quantitative estimate of drug-likeness (QED) is 0.397. The van der Waals surface area contributed by atoms with Gasteiger partial charge in [0.15, 0.2) is 0 Å². The van der Waals surface area contributed by atoms with E-state index in [4.69, 9.17) is 15.4 Å². The van der Waals surface area contributed by atoms with Gasteiger partial charge >= 0.3 is 11.9 Å². The predicted octanol–water partition coefficient (Wildman–Crippen LogP) is 1.96. The molecule has 0 heterocycles. The van der Waals surface area contributed by atoms with Gasteiger partial charge in [-0.2, -0.15) is 0 Å². The van der Waals surface area contributed by atoms with Crippen LogP contribution in [-0.2, 0) is 0 Å². The first-order valence-corrected chi connectivity index (χ1v) is 6.12. The average Bonchev–Trinajstić information content (AvgIpc) is 2.46. The predicted molar refractivity (Wildman–Crippen MR) is 70.5 cm³/mol. The number of hydrogen-bond acceptors (Lipinski definition) is 4. The maximum absolute atomic E-state index is 11.6. The molecule has 0 aromatic heterocycles. The van der Waals surface area contributed by atoms with Gasteiger partial charge in [-0.25, -0.2) is 9.59 Å². The van der Waals surface area contributed by atoms with Crippen LogP contribution in [0.1, 0.15) is 40.5 Å². The van der Waals surface area contributed by atoms with E-state index in [1.807, 2.05) is 6.92 Å². The molecule has 114 valence electrons. The summed E-state index contributed by atoms with van der Waals surface area (Å²) in [5.41, 5.74) is -0.591. The Morgan fingerprint density at radius 3 is 2.48 bits per heavy atom. The minimum absolute atomic E-state index is 0.0768. The van der Waals surface area contributed by atoms with Crippen molar-refractivity contribution in [2.75, 3.05) is 11.6 Å². The summed E-state index contributed by atoms with van der Waals surface area (Å²) < 4.78 is 0. The molecule has 0 bridgehead atoms. The number of carboxylic acid groups (broad SMARTS) is 2. The highest BCUT2D eigenvalue weighted by Crippen LogP contribution is 2.23. The number of carboxylic acids is 2. The van der Waals surface area contributed by atoms with E-state index in [0.717, 1.165) is 23.2 Å². The maximum atomic E-state index is 11.6. The van der Waals surface area contributed by atoms with Crippen LogP contribution >= 0.6 is 0 Å². The average molecular weight is 297 g/mol. The summed E-state index contributed by atoms with van der Waals surface area (Å²) in [6.45, 7) is 1.93. The molecule has 3 N–H and O–H groups in total. The number of rotatable bonds is 7. The van der Waals surface area contributed by atoms with Crippen molar-refractivity contribution < 1.29 is 30.0 Å². The molecular weight excluding hydrogens is 282 g/mol. The molecule has 9 heteroatoms. The number of unbranched alkanes of at least 4 members (excludes halogenated alkanes) is 1. The van der Waals surface area contributed by atoms with Crippen LogP contribution in [0.3, 0.4) is 0 Å². The first-order valence-electron chi connectivity index (χ1n) is 6.12. The Bertz CT molecular complexity index is 572. The first kappa shape index (κ1) is 16.2. The van der Waals surface area contributed by atoms with Gasteiger partial charge in [0.1, 0.15) is 5.69 Å². The van der Waals surface area contributed by atoms with E-state index >= 15 is 0 Å². The molecule has 0 atom stereocenters. The topological polar surface area (TPSA) is 136 Å². The summed E-state index contributed by atoms with van der Waals surface area (Å²) in [5, 5.41) is 41.6. The Morgan fingerprint density at radius 2 is 2.00 bits per heavy atom. The van der Waals surface area contributed by atoms with Crippen molar-refractivity contribution in [3.8, 4) is 0 Å². The Labute approximate surface area is 119 Å². The third-order valence-corrected chi connectivity index (χ3v) is 2.76. The number of benzene rings is 1. The molecule has 0 saturated carbocycles. The largest absolute Gasteiger partial charge is 0.569 e. The van der Waals surface area contributed by atoms with Gasteiger partial charge in [0.25, 0.3) is 0 Å². The second-order valence-corrected chi connectivity index (χ2v) is 4.16. The van der Waals surface area contributed by atoms with E-state index in [9.17, 15) is 14.8 Å². The minimum Gasteiger partial charge on any atom is -0.569 e. The number of hydrogen-bond donors (Lipinski definition) is 3. The number of anilines is 1. The zero-order valence-corrected chi connectivity index (χ0v) is 11.3. The molecule has 0 unspecified atom stereocenters. The Hall–Kier alpha value is -2.84. The highest BCUT2D eigenvalue weighted by molar-refractivity contribution is 5.97. The molecule has 0 aliphatic heterocycles. The van der Waals surface area contributed by atoms with E-state index < -0.39 is 11.9 Å². The van der Waals surface area contributed by atoms with Crippen molar-refractivity contribution in [2.24, 2.45) is 5.28 Å². The maximum Gasteiger partial charge on any atom is 0.338 e. The van der Waals surface area contributed by atoms with Crippen LogP contribution < -0.4 is 5.01 Å². The van der Waals surface area contributed by atoms with Crippen LogP contribution in [0.2, 0.25) is 0 Å². The molecule has 0 fully saturated rings. The monoisotopic (exact) mass is 297 g/mol. The molecule has 0 radical (unpaired) electrons. The summed E-state index contributed by atoms with van der Waals surface area (Å²) >= 11 is 0. The van der Waals surface area contributed by atoms with Gasteiger partial charge in [0.05, 0.1) is 22.6 Å². The van der Waals surface area contributed by atoms with Crippen LogP contribution in [0.5, 0.6) is 0 Å². The number of carbonyl (C=O) groups is 2. The zero-order valence-electron chi connectivity index (χ0n) is 11.3. The summed E-state index contributed by atoms with van der Waals surface area (Å²) in [5.74, 6) is -2.59. The lowest BCUT2D eigenvalue weighted by Gasteiger charge is -2.19. The van der Waals surface area contributed by atoms with Crippen molar-refractivity contribution in [1.82, 2.24) is 0 Å². The minimum atomic E-state index is -1.32. The Morgan fingerprint density at radius 1 is 1.33 bits per heavy atom. The van der Waals surface area contributed by atoms with E-state index in [1.54, 1.807) is 0 Å². The number of aromatic carboxylic acids is 2. The molecule has 1 aromatic carbocycles. The molecule has 9 nitrogen and oxygen atoms in total. The molecule has 1 rings (SSSR count). The Balaban J connectivity index is 3.41. The lowest BCUT2D eigenvalue weighted by molar-refractivity contribution is -0.568. The van der Waals surface area contributed by atoms with Crippen molar-refractivity contribution in [3.63, 3.8) is 0 Å². The van der Waals surface area contributed by atoms with Gasteiger partial charge in [-0.15, -0.1) is 5.01 Å². The highest BCUT2D eigenvalue weighted by atomic mass is 16.6. The molecular formula is C12H15N3O6. The van der Waals surface area contributed by atoms with E-state index in [1.165, 1.54) is 0 Å². The van der Waals surface area contributed by atoms with Crippen LogP contribution in [0, 0.1) is 5.21 Å². The fourth-order valence-corrected chi connectivity index (χ4v) is 1.71. The lowest BCUT2D eigenvalue weighted by Crippen LogP contribution is -2.33. The van der Waals surface area contributed by atoms with E-state index in [2.05, 4.69) is 5.28 Å². The third-order valence-electron chi connectivity index (χ3n) is 2.76. The fraction of sp³-hybridized carbons (Fsp3) is 0.333. The molecule has 0 spiro atoms. The van der Waals surface area contributed by atoms with Gasteiger partial charge < -0.3 is 20.6 Å². The van der Waals surface area contributed by atoms with Crippen molar-refractivity contribution >= 4 is 17.6 Å². The fourth-order valence-electron chi connectivity index (χ4n) is 1.71. The second-order valence-electron chi connectivity index (χ2n) is 4.16. The van der Waals surface area contributed by atoms with Crippen molar-refractivity contribution in [2.45, 2.75) is 19.8 Å². The standard InChI is InChI=1S/C12H15N3O6/c1-2-3-6-14(15(21)13-20)10-7-8(11(16)17)4-5-9(10)12(18)19/h4-5,7,20H,2-3,6H2,1H3,(H,16,17)(H,18,19)/b15-13-. The molecule has 0 aliphatic rings. The smallest absolute Gasteiger partial charge is 0.338 e. The van der Waals surface area contributed by atoms with Crippen LogP contribution in [0.15, 0.2) is 23.5 Å². The molecule has 0 aliphatic carbocycles. The van der Waals surface area contributed by atoms with Gasteiger partial charge in [-0.1, -0.05) is 13.3 Å². The SMILES string of the molecule is CCCCN(c1cc(C(=O)O)ccc1C(=O)O)/[N+]([O-])=N/O. The second kappa shape index (κ2) is 7.08. The number of nitrogens with zero attached hydrogens (tertiary/aromatic N) is 3. The van der Waals surface area contributed by atoms with E-state index in [-0.39, 0.29) is 28.3 Å². The molecule has 0 amide bonds. The normalized spacial score (nSPS) is 11.2. The van der Waals surface area contributed by atoms with Gasteiger partial charge in [0.2, 0.25) is 5.28 Å². The number of hydrazine groups is 1.